The molecule has 0 amide bonds. The van der Waals surface area contributed by atoms with Crippen molar-refractivity contribution in [2.45, 2.75) is 0 Å². The molecule has 0 N–H and O–H groups in total. The van der Waals surface area contributed by atoms with Crippen molar-refractivity contribution in [3.05, 3.63) is 205 Å². The van der Waals surface area contributed by atoms with Crippen LogP contribution < -0.4 is 9.80 Å². The summed E-state index contributed by atoms with van der Waals surface area (Å²) in [5, 5.41) is 1.00. The third kappa shape index (κ3) is 5.02. The van der Waals surface area contributed by atoms with Gasteiger partial charge in [-0.25, -0.2) is 9.97 Å². The minimum absolute atomic E-state index is 0.601. The number of nitrogens with zero attached hydrogens (tertiary/aromatic N) is 4. The molecule has 0 aliphatic carbocycles. The summed E-state index contributed by atoms with van der Waals surface area (Å²) in [6, 6.07) is 55.0. The Balaban J connectivity index is 1.29. The van der Waals surface area contributed by atoms with Crippen LogP contribution in [0, 0.1) is 0 Å². The van der Waals surface area contributed by atoms with E-state index in [-0.39, 0.29) is 0 Å². The first-order chi connectivity index (χ1) is 24.7. The molecular weight excluding hydrogens is 609 g/mol. The maximum absolute atomic E-state index is 5.42. The molecule has 7 aromatic rings. The molecule has 1 aromatic heterocycles. The molecule has 0 radical (unpaired) electrons. The lowest BCUT2D eigenvalue weighted by Crippen LogP contribution is -2.18. The van der Waals surface area contributed by atoms with Crippen LogP contribution in [-0.4, -0.2) is 9.97 Å². The van der Waals surface area contributed by atoms with Gasteiger partial charge in [-0.15, -0.1) is 0 Å². The van der Waals surface area contributed by atoms with Crippen molar-refractivity contribution >= 4 is 45.2 Å². The lowest BCUT2D eigenvalue weighted by atomic mass is 9.91. The van der Waals surface area contributed by atoms with Crippen molar-refractivity contribution in [2.75, 3.05) is 9.80 Å². The number of para-hydroxylation sites is 4. The van der Waals surface area contributed by atoms with E-state index in [2.05, 4.69) is 180 Å². The maximum Gasteiger partial charge on any atom is 0.235 e. The van der Waals surface area contributed by atoms with Gasteiger partial charge in [0.1, 0.15) is 0 Å². The predicted molar refractivity (Wildman–Crippen MR) is 208 cm³/mol. The van der Waals surface area contributed by atoms with Crippen LogP contribution in [0.5, 0.6) is 0 Å². The Hall–Kier alpha value is -6.78. The fourth-order valence-electron chi connectivity index (χ4n) is 7.04. The Bertz CT molecular complexity index is 2490. The van der Waals surface area contributed by atoms with Gasteiger partial charge in [-0.3, -0.25) is 4.90 Å². The Morgan fingerprint density at radius 1 is 0.500 bits per heavy atom. The van der Waals surface area contributed by atoms with Crippen LogP contribution in [-0.2, 0) is 0 Å². The second kappa shape index (κ2) is 12.3. The van der Waals surface area contributed by atoms with Crippen molar-refractivity contribution in [3.8, 4) is 22.4 Å². The molecule has 3 heterocycles. The maximum atomic E-state index is 5.42. The van der Waals surface area contributed by atoms with Crippen LogP contribution in [0.2, 0.25) is 0 Å². The number of benzene rings is 6. The minimum atomic E-state index is 0.601. The van der Waals surface area contributed by atoms with Crippen molar-refractivity contribution in [3.63, 3.8) is 0 Å². The molecule has 2 aliphatic heterocycles. The number of aromatic nitrogens is 2. The normalized spacial score (nSPS) is 15.0. The van der Waals surface area contributed by atoms with Crippen LogP contribution in [0.25, 0.3) is 44.6 Å². The van der Waals surface area contributed by atoms with Gasteiger partial charge >= 0.3 is 0 Å². The summed E-state index contributed by atoms with van der Waals surface area (Å²) >= 11 is 0. The largest absolute Gasteiger partial charge is 0.316 e. The second-order valence-electron chi connectivity index (χ2n) is 12.4. The molecule has 4 nitrogen and oxygen atoms in total. The Morgan fingerprint density at radius 3 is 1.88 bits per heavy atom. The summed E-state index contributed by atoms with van der Waals surface area (Å²) in [4.78, 5) is 15.2. The van der Waals surface area contributed by atoms with E-state index in [1.807, 2.05) is 18.2 Å². The summed E-state index contributed by atoms with van der Waals surface area (Å²) < 4.78 is 0. The van der Waals surface area contributed by atoms with Crippen molar-refractivity contribution in [1.29, 1.82) is 0 Å². The molecule has 50 heavy (non-hydrogen) atoms. The highest BCUT2D eigenvalue weighted by Gasteiger charge is 2.32. The highest BCUT2D eigenvalue weighted by atomic mass is 15.3. The summed E-state index contributed by atoms with van der Waals surface area (Å²) in [5.41, 5.74) is 13.3. The van der Waals surface area contributed by atoms with Crippen LogP contribution in [0.3, 0.4) is 0 Å². The summed E-state index contributed by atoms with van der Waals surface area (Å²) in [6.45, 7) is 4.61. The third-order valence-electron chi connectivity index (χ3n) is 9.35. The molecule has 6 aromatic carbocycles. The molecule has 0 fully saturated rings. The van der Waals surface area contributed by atoms with E-state index in [1.54, 1.807) is 0 Å². The highest BCUT2D eigenvalue weighted by Crippen LogP contribution is 2.50. The second-order valence-corrected chi connectivity index (χ2v) is 12.4. The van der Waals surface area contributed by atoms with Gasteiger partial charge in [0.25, 0.3) is 0 Å². The molecule has 236 valence electrons. The van der Waals surface area contributed by atoms with Gasteiger partial charge in [0, 0.05) is 39.5 Å². The van der Waals surface area contributed by atoms with Gasteiger partial charge in [0.05, 0.1) is 28.3 Å². The predicted octanol–water partition coefficient (Wildman–Crippen LogP) is 11.8. The molecule has 0 spiro atoms. The fourth-order valence-corrected chi connectivity index (χ4v) is 7.04. The van der Waals surface area contributed by atoms with Crippen LogP contribution in [0.4, 0.5) is 23.0 Å². The number of rotatable bonds is 4. The van der Waals surface area contributed by atoms with E-state index in [1.165, 1.54) is 5.56 Å². The van der Waals surface area contributed by atoms with Gasteiger partial charge in [0.2, 0.25) is 5.95 Å². The quantitative estimate of drug-likeness (QED) is 0.192. The summed E-state index contributed by atoms with van der Waals surface area (Å²) in [5.74, 6) is 0.601. The molecule has 4 heteroatoms. The topological polar surface area (TPSA) is 32.3 Å². The van der Waals surface area contributed by atoms with Crippen LogP contribution >= 0.6 is 0 Å². The van der Waals surface area contributed by atoms with E-state index < -0.39 is 0 Å². The molecule has 0 saturated carbocycles. The number of fused-ring (bicyclic) bond motifs is 5. The van der Waals surface area contributed by atoms with Gasteiger partial charge < -0.3 is 4.90 Å². The summed E-state index contributed by atoms with van der Waals surface area (Å²) in [6.07, 6.45) is 8.35. The zero-order valence-corrected chi connectivity index (χ0v) is 27.3. The molecule has 0 bridgehead atoms. The number of hydrogen-bond acceptors (Lipinski definition) is 4. The monoisotopic (exact) mass is 640 g/mol. The van der Waals surface area contributed by atoms with Crippen LogP contribution in [0.1, 0.15) is 11.1 Å². The van der Waals surface area contributed by atoms with Crippen molar-refractivity contribution < 1.29 is 0 Å². The van der Waals surface area contributed by atoms with E-state index >= 15 is 0 Å². The summed E-state index contributed by atoms with van der Waals surface area (Å²) in [7, 11) is 0. The Morgan fingerprint density at radius 2 is 1.10 bits per heavy atom. The van der Waals surface area contributed by atoms with E-state index in [0.717, 1.165) is 72.8 Å². The zero-order valence-electron chi connectivity index (χ0n) is 27.3. The highest BCUT2D eigenvalue weighted by molar-refractivity contribution is 6.12. The van der Waals surface area contributed by atoms with Gasteiger partial charge in [-0.05, 0) is 53.1 Å². The average Bonchev–Trinajstić information content (AvgIpc) is 3.30. The van der Waals surface area contributed by atoms with Crippen LogP contribution in [0.15, 0.2) is 194 Å². The average molecular weight is 641 g/mol. The standard InChI is InChI=1S/C46H32N4/c1-32-16-14-15-31-49(36-19-6-3-7-20-36)45-39-23-10-13-26-42(39)50(41-25-12-9-22-38(41)43(32)45)46-47-40-24-11-8-21-37(40)44(48-46)35-29-27-34(28-30-35)33-17-4-2-5-18-33/h2-31H,1H2/b16-14-,31-15-. The molecular formula is C46H32N4. The smallest absolute Gasteiger partial charge is 0.235 e. The Labute approximate surface area is 292 Å². The van der Waals surface area contributed by atoms with Gasteiger partial charge in [-0.2, -0.15) is 0 Å². The van der Waals surface area contributed by atoms with Crippen molar-refractivity contribution in [2.24, 2.45) is 0 Å². The van der Waals surface area contributed by atoms with E-state index in [0.29, 0.717) is 5.95 Å². The van der Waals surface area contributed by atoms with Gasteiger partial charge in [-0.1, -0.05) is 146 Å². The van der Waals surface area contributed by atoms with Gasteiger partial charge in [0.15, 0.2) is 0 Å². The fraction of sp³-hybridized carbons (Fsp3) is 0. The Kier molecular flexibility index (Phi) is 7.25. The molecule has 9 rings (SSSR count). The lowest BCUT2D eigenvalue weighted by Gasteiger charge is -2.29. The zero-order chi connectivity index (χ0) is 33.4. The SMILES string of the molecule is C=C1/C=C\C=C/N(c2ccccc2)C2=C1c1ccccc1N(c1nc(-c3ccc(-c4ccccc4)cc3)c3ccccc3n1)c1ccccc12. The first-order valence-electron chi connectivity index (χ1n) is 16.8. The number of hydrogen-bond donors (Lipinski definition) is 0. The van der Waals surface area contributed by atoms with Crippen molar-refractivity contribution in [1.82, 2.24) is 9.97 Å². The lowest BCUT2D eigenvalue weighted by molar-refractivity contribution is 1.11. The van der Waals surface area contributed by atoms with E-state index in [4.69, 9.17) is 9.97 Å². The first kappa shape index (κ1) is 29.4. The number of anilines is 4. The first-order valence-corrected chi connectivity index (χ1v) is 16.8. The van der Waals surface area contributed by atoms with E-state index in [9.17, 15) is 0 Å². The molecule has 0 unspecified atom stereocenters. The molecule has 0 atom stereocenters. The number of allylic oxidation sites excluding steroid dienone is 5. The molecule has 0 saturated heterocycles. The third-order valence-corrected chi connectivity index (χ3v) is 9.35. The molecule has 2 aliphatic rings. The minimum Gasteiger partial charge on any atom is -0.316 e.